The number of hydrogen-bond donors (Lipinski definition) is 1. The van der Waals surface area contributed by atoms with Crippen LogP contribution in [-0.2, 0) is 11.8 Å². The molecule has 27 heavy (non-hydrogen) atoms. The van der Waals surface area contributed by atoms with Crippen LogP contribution in [0, 0.1) is 5.92 Å². The van der Waals surface area contributed by atoms with Crippen molar-refractivity contribution < 1.29 is 4.74 Å². The van der Waals surface area contributed by atoms with Gasteiger partial charge < -0.3 is 19.9 Å². The number of aryl methyl sites for hydroxylation is 1. The van der Waals surface area contributed by atoms with Crippen LogP contribution in [-0.4, -0.2) is 78.5 Å². The molecule has 1 aliphatic heterocycles. The van der Waals surface area contributed by atoms with Crippen molar-refractivity contribution >= 4 is 29.9 Å². The lowest BCUT2D eigenvalue weighted by Gasteiger charge is -2.35. The molecule has 0 spiro atoms. The summed E-state index contributed by atoms with van der Waals surface area (Å²) >= 11 is 0. The Morgan fingerprint density at radius 2 is 2.19 bits per heavy atom. The number of nitrogens with one attached hydrogen (secondary N) is 1. The molecule has 0 radical (unpaired) electrons. The first-order chi connectivity index (χ1) is 12.4. The molecule has 1 aromatic heterocycles. The Hall–Kier alpha value is -0.870. The van der Waals surface area contributed by atoms with Crippen molar-refractivity contribution in [2.75, 3.05) is 46.9 Å². The summed E-state index contributed by atoms with van der Waals surface area (Å²) in [6.07, 6.45) is 5.12. The van der Waals surface area contributed by atoms with Gasteiger partial charge in [0.2, 0.25) is 0 Å². The summed E-state index contributed by atoms with van der Waals surface area (Å²) in [6, 6.07) is 0.457. The lowest BCUT2D eigenvalue weighted by molar-refractivity contribution is -0.00807. The topological polar surface area (TPSA) is 57.9 Å². The van der Waals surface area contributed by atoms with Gasteiger partial charge in [0.1, 0.15) is 6.10 Å². The van der Waals surface area contributed by atoms with Crippen LogP contribution < -0.4 is 5.32 Å². The summed E-state index contributed by atoms with van der Waals surface area (Å²) in [4.78, 5) is 9.55. The van der Waals surface area contributed by atoms with E-state index >= 15 is 0 Å². The van der Waals surface area contributed by atoms with Crippen LogP contribution in [0.3, 0.4) is 0 Å². The van der Waals surface area contributed by atoms with Crippen molar-refractivity contribution in [2.45, 2.75) is 39.3 Å². The highest BCUT2D eigenvalue weighted by atomic mass is 127. The van der Waals surface area contributed by atoms with Crippen LogP contribution in [0.2, 0.25) is 0 Å². The number of aliphatic imine (C=N–C) groups is 1. The predicted octanol–water partition coefficient (Wildman–Crippen LogP) is 2.35. The van der Waals surface area contributed by atoms with E-state index in [-0.39, 0.29) is 30.1 Å². The van der Waals surface area contributed by atoms with Crippen molar-refractivity contribution in [1.82, 2.24) is 24.9 Å². The number of halogens is 1. The summed E-state index contributed by atoms with van der Waals surface area (Å²) in [5.74, 6) is 1.65. The highest BCUT2D eigenvalue weighted by molar-refractivity contribution is 14.0. The first-order valence-corrected chi connectivity index (χ1v) is 9.70. The SMILES string of the molecule is CCNC(=NCC(CC(C)C)N(C)C)N1CCOC(c2cnn(C)c2)C1.I. The molecule has 7 nitrogen and oxygen atoms in total. The molecule has 0 aromatic carbocycles. The number of likely N-dealkylation sites (N-methyl/N-ethyl adjacent to an activating group) is 1. The maximum Gasteiger partial charge on any atom is 0.194 e. The number of aromatic nitrogens is 2. The summed E-state index contributed by atoms with van der Waals surface area (Å²) in [6.45, 7) is 10.7. The maximum atomic E-state index is 5.97. The van der Waals surface area contributed by atoms with Crippen LogP contribution in [0.25, 0.3) is 0 Å². The fourth-order valence-corrected chi connectivity index (χ4v) is 3.26. The van der Waals surface area contributed by atoms with Gasteiger partial charge in [-0.05, 0) is 33.4 Å². The van der Waals surface area contributed by atoms with Crippen LogP contribution in [0.1, 0.15) is 38.9 Å². The number of ether oxygens (including phenoxy) is 1. The number of hydrogen-bond acceptors (Lipinski definition) is 4. The molecule has 1 saturated heterocycles. The lowest BCUT2D eigenvalue weighted by atomic mass is 10.0. The second-order valence-corrected chi connectivity index (χ2v) is 7.69. The van der Waals surface area contributed by atoms with E-state index in [0.717, 1.165) is 44.1 Å². The largest absolute Gasteiger partial charge is 0.370 e. The molecule has 2 unspecified atom stereocenters. The Morgan fingerprint density at radius 3 is 2.74 bits per heavy atom. The van der Waals surface area contributed by atoms with Gasteiger partial charge in [-0.3, -0.25) is 9.67 Å². The van der Waals surface area contributed by atoms with E-state index in [1.54, 1.807) is 0 Å². The lowest BCUT2D eigenvalue weighted by Crippen LogP contribution is -2.48. The molecule has 8 heteroatoms. The molecule has 1 N–H and O–H groups in total. The van der Waals surface area contributed by atoms with Gasteiger partial charge in [0.25, 0.3) is 0 Å². The number of nitrogens with zero attached hydrogens (tertiary/aromatic N) is 5. The van der Waals surface area contributed by atoms with Crippen LogP contribution >= 0.6 is 24.0 Å². The molecular formula is C19H37IN6O. The Bertz CT molecular complexity index is 574. The molecule has 2 atom stereocenters. The quantitative estimate of drug-likeness (QED) is 0.360. The molecule has 156 valence electrons. The van der Waals surface area contributed by atoms with Gasteiger partial charge in [0.15, 0.2) is 5.96 Å². The van der Waals surface area contributed by atoms with Gasteiger partial charge in [-0.2, -0.15) is 5.10 Å². The van der Waals surface area contributed by atoms with E-state index < -0.39 is 0 Å². The van der Waals surface area contributed by atoms with Crippen molar-refractivity contribution in [3.05, 3.63) is 18.0 Å². The second kappa shape index (κ2) is 11.9. The molecule has 1 fully saturated rings. The zero-order valence-electron chi connectivity index (χ0n) is 17.7. The Morgan fingerprint density at radius 1 is 1.44 bits per heavy atom. The van der Waals surface area contributed by atoms with Crippen molar-refractivity contribution in [3.8, 4) is 0 Å². The molecule has 2 heterocycles. The minimum Gasteiger partial charge on any atom is -0.370 e. The third-order valence-corrected chi connectivity index (χ3v) is 4.72. The van der Waals surface area contributed by atoms with Gasteiger partial charge in [0.05, 0.1) is 25.9 Å². The molecule has 0 saturated carbocycles. The van der Waals surface area contributed by atoms with Crippen molar-refractivity contribution in [3.63, 3.8) is 0 Å². The Labute approximate surface area is 181 Å². The molecule has 0 bridgehead atoms. The molecule has 0 amide bonds. The fourth-order valence-electron chi connectivity index (χ4n) is 3.26. The zero-order chi connectivity index (χ0) is 19.1. The summed E-state index contributed by atoms with van der Waals surface area (Å²) in [7, 11) is 6.22. The minimum atomic E-state index is 0. The van der Waals surface area contributed by atoms with E-state index in [9.17, 15) is 0 Å². The molecular weight excluding hydrogens is 455 g/mol. The van der Waals surface area contributed by atoms with Crippen molar-refractivity contribution in [1.29, 1.82) is 0 Å². The highest BCUT2D eigenvalue weighted by Crippen LogP contribution is 2.21. The maximum absolute atomic E-state index is 5.97. The minimum absolute atomic E-state index is 0. The number of morpholine rings is 1. The summed E-state index contributed by atoms with van der Waals surface area (Å²) < 4.78 is 7.79. The van der Waals surface area contributed by atoms with Crippen LogP contribution in [0.4, 0.5) is 0 Å². The standard InChI is InChI=1S/C19H36N6O.HI/c1-7-20-19(21-12-17(23(4)5)10-15(2)3)25-8-9-26-18(14-25)16-11-22-24(6)13-16;/h11,13,15,17-18H,7-10,12,14H2,1-6H3,(H,20,21);1H. The molecule has 1 aromatic rings. The smallest absolute Gasteiger partial charge is 0.194 e. The predicted molar refractivity (Wildman–Crippen MR) is 122 cm³/mol. The third kappa shape index (κ3) is 7.57. The first-order valence-electron chi connectivity index (χ1n) is 9.70. The molecule has 1 aliphatic rings. The normalized spacial score (nSPS) is 19.3. The molecule has 0 aliphatic carbocycles. The number of rotatable bonds is 7. The average molecular weight is 492 g/mol. The van der Waals surface area contributed by atoms with Crippen LogP contribution in [0.5, 0.6) is 0 Å². The average Bonchev–Trinajstić information content (AvgIpc) is 3.03. The van der Waals surface area contributed by atoms with Gasteiger partial charge in [-0.1, -0.05) is 13.8 Å². The van der Waals surface area contributed by atoms with E-state index in [0.29, 0.717) is 18.6 Å². The third-order valence-electron chi connectivity index (χ3n) is 4.72. The second-order valence-electron chi connectivity index (χ2n) is 7.69. The zero-order valence-corrected chi connectivity index (χ0v) is 20.0. The van der Waals surface area contributed by atoms with E-state index in [4.69, 9.17) is 9.73 Å². The van der Waals surface area contributed by atoms with Gasteiger partial charge in [-0.15, -0.1) is 24.0 Å². The van der Waals surface area contributed by atoms with Gasteiger partial charge >= 0.3 is 0 Å². The number of guanidine groups is 1. The fraction of sp³-hybridized carbons (Fsp3) is 0.789. The summed E-state index contributed by atoms with van der Waals surface area (Å²) in [5.41, 5.74) is 1.12. The van der Waals surface area contributed by atoms with Crippen LogP contribution in [0.15, 0.2) is 17.4 Å². The van der Waals surface area contributed by atoms with E-state index in [1.165, 1.54) is 0 Å². The Kier molecular flexibility index (Phi) is 10.6. The Balaban J connectivity index is 0.00000364. The molecule has 2 rings (SSSR count). The van der Waals surface area contributed by atoms with E-state index in [2.05, 4.69) is 55.1 Å². The summed E-state index contributed by atoms with van der Waals surface area (Å²) in [5, 5.41) is 7.73. The van der Waals surface area contributed by atoms with Gasteiger partial charge in [0, 0.05) is 37.9 Å². The monoisotopic (exact) mass is 492 g/mol. The first kappa shape index (κ1) is 24.2. The van der Waals surface area contributed by atoms with Crippen molar-refractivity contribution in [2.24, 2.45) is 18.0 Å². The van der Waals surface area contributed by atoms with E-state index in [1.807, 2.05) is 24.1 Å². The van der Waals surface area contributed by atoms with Gasteiger partial charge in [-0.25, -0.2) is 0 Å². The highest BCUT2D eigenvalue weighted by Gasteiger charge is 2.25.